The summed E-state index contributed by atoms with van der Waals surface area (Å²) in [7, 11) is 0. The highest BCUT2D eigenvalue weighted by Gasteiger charge is 2.22. The van der Waals surface area contributed by atoms with E-state index < -0.39 is 0 Å². The number of anilines is 1. The Labute approximate surface area is 152 Å². The Morgan fingerprint density at radius 2 is 1.88 bits per heavy atom. The third-order valence-electron chi connectivity index (χ3n) is 4.67. The number of aryl methyl sites for hydroxylation is 2. The molecule has 0 saturated carbocycles. The minimum absolute atomic E-state index is 0.00667. The SMILES string of the molecule is CCc1cc(C(=O)Nc2ccccc2C(=O)N2CCCCC2)sc1C. The molecule has 0 unspecified atom stereocenters. The molecular formula is C20H24N2O2S. The van der Waals surface area contributed by atoms with Crippen molar-refractivity contribution in [1.82, 2.24) is 4.90 Å². The maximum atomic E-state index is 12.8. The molecule has 1 N–H and O–H groups in total. The molecule has 0 radical (unpaired) electrons. The van der Waals surface area contributed by atoms with Gasteiger partial charge in [-0.05, 0) is 56.4 Å². The van der Waals surface area contributed by atoms with Crippen molar-refractivity contribution in [2.75, 3.05) is 18.4 Å². The molecule has 1 aromatic heterocycles. The zero-order chi connectivity index (χ0) is 17.8. The Kier molecular flexibility index (Phi) is 5.53. The van der Waals surface area contributed by atoms with Crippen molar-refractivity contribution < 1.29 is 9.59 Å². The number of piperidine rings is 1. The van der Waals surface area contributed by atoms with Gasteiger partial charge in [-0.2, -0.15) is 0 Å². The molecule has 1 saturated heterocycles. The average Bonchev–Trinajstić information content (AvgIpc) is 3.03. The first-order valence-corrected chi connectivity index (χ1v) is 9.70. The molecule has 1 aliphatic heterocycles. The van der Waals surface area contributed by atoms with Crippen LogP contribution >= 0.6 is 11.3 Å². The first-order valence-electron chi connectivity index (χ1n) is 8.89. The minimum Gasteiger partial charge on any atom is -0.339 e. The second-order valence-corrected chi connectivity index (χ2v) is 7.65. The highest BCUT2D eigenvalue weighted by Crippen LogP contribution is 2.25. The number of nitrogens with zero attached hydrogens (tertiary/aromatic N) is 1. The Morgan fingerprint density at radius 3 is 2.56 bits per heavy atom. The van der Waals surface area contributed by atoms with Gasteiger partial charge in [-0.15, -0.1) is 11.3 Å². The molecule has 0 aliphatic carbocycles. The van der Waals surface area contributed by atoms with E-state index in [1.165, 1.54) is 28.2 Å². The van der Waals surface area contributed by atoms with E-state index in [4.69, 9.17) is 0 Å². The Bertz CT molecular complexity index is 776. The van der Waals surface area contributed by atoms with Crippen molar-refractivity contribution in [2.45, 2.75) is 39.5 Å². The van der Waals surface area contributed by atoms with E-state index in [9.17, 15) is 9.59 Å². The number of hydrogen-bond donors (Lipinski definition) is 1. The molecule has 2 aromatic rings. The van der Waals surface area contributed by atoms with Gasteiger partial charge < -0.3 is 10.2 Å². The summed E-state index contributed by atoms with van der Waals surface area (Å²) in [4.78, 5) is 29.2. The van der Waals surface area contributed by atoms with E-state index in [0.717, 1.165) is 32.4 Å². The van der Waals surface area contributed by atoms with E-state index in [1.807, 2.05) is 30.0 Å². The lowest BCUT2D eigenvalue weighted by atomic mass is 10.1. The maximum absolute atomic E-state index is 12.8. The Balaban J connectivity index is 1.80. The minimum atomic E-state index is -0.147. The number of rotatable bonds is 4. The highest BCUT2D eigenvalue weighted by atomic mass is 32.1. The first kappa shape index (κ1) is 17.7. The van der Waals surface area contributed by atoms with Crippen LogP contribution in [-0.4, -0.2) is 29.8 Å². The van der Waals surface area contributed by atoms with Crippen LogP contribution in [0.25, 0.3) is 0 Å². The van der Waals surface area contributed by atoms with Crippen LogP contribution in [-0.2, 0) is 6.42 Å². The summed E-state index contributed by atoms with van der Waals surface area (Å²) in [6.07, 6.45) is 4.20. The number of para-hydroxylation sites is 1. The monoisotopic (exact) mass is 356 g/mol. The predicted octanol–water partition coefficient (Wildman–Crippen LogP) is 4.50. The van der Waals surface area contributed by atoms with E-state index >= 15 is 0 Å². The van der Waals surface area contributed by atoms with Gasteiger partial charge >= 0.3 is 0 Å². The van der Waals surface area contributed by atoms with Gasteiger partial charge in [-0.25, -0.2) is 0 Å². The average molecular weight is 356 g/mol. The van der Waals surface area contributed by atoms with Crippen LogP contribution in [0, 0.1) is 6.92 Å². The number of benzene rings is 1. The van der Waals surface area contributed by atoms with Crippen LogP contribution in [0.2, 0.25) is 0 Å². The zero-order valence-electron chi connectivity index (χ0n) is 14.8. The van der Waals surface area contributed by atoms with Gasteiger partial charge in [0.1, 0.15) is 0 Å². The van der Waals surface area contributed by atoms with Gasteiger partial charge in [0.25, 0.3) is 11.8 Å². The fourth-order valence-electron chi connectivity index (χ4n) is 3.21. The lowest BCUT2D eigenvalue weighted by molar-refractivity contribution is 0.0725. The van der Waals surface area contributed by atoms with Gasteiger partial charge in [0.15, 0.2) is 0 Å². The summed E-state index contributed by atoms with van der Waals surface area (Å²) >= 11 is 1.50. The number of amides is 2. The quantitative estimate of drug-likeness (QED) is 0.877. The lowest BCUT2D eigenvalue weighted by Gasteiger charge is -2.27. The summed E-state index contributed by atoms with van der Waals surface area (Å²) in [6, 6.07) is 9.24. The van der Waals surface area contributed by atoms with Crippen molar-refractivity contribution in [3.8, 4) is 0 Å². The summed E-state index contributed by atoms with van der Waals surface area (Å²) in [5, 5.41) is 2.94. The topological polar surface area (TPSA) is 49.4 Å². The summed E-state index contributed by atoms with van der Waals surface area (Å²) in [6.45, 7) is 5.72. The van der Waals surface area contributed by atoms with E-state index in [2.05, 4.69) is 12.2 Å². The molecule has 1 fully saturated rings. The number of carbonyl (C=O) groups excluding carboxylic acids is 2. The first-order chi connectivity index (χ1) is 12.1. The highest BCUT2D eigenvalue weighted by molar-refractivity contribution is 7.14. The molecule has 25 heavy (non-hydrogen) atoms. The second kappa shape index (κ2) is 7.83. The van der Waals surface area contributed by atoms with Gasteiger partial charge in [0, 0.05) is 18.0 Å². The van der Waals surface area contributed by atoms with E-state index in [1.54, 1.807) is 12.1 Å². The molecule has 0 spiro atoms. The van der Waals surface area contributed by atoms with Crippen molar-refractivity contribution >= 4 is 28.8 Å². The molecule has 5 heteroatoms. The normalized spacial score (nSPS) is 14.4. The molecule has 4 nitrogen and oxygen atoms in total. The summed E-state index contributed by atoms with van der Waals surface area (Å²) in [5.74, 6) is -0.140. The van der Waals surface area contributed by atoms with Crippen molar-refractivity contribution in [2.24, 2.45) is 0 Å². The Morgan fingerprint density at radius 1 is 1.16 bits per heavy atom. The van der Waals surface area contributed by atoms with Gasteiger partial charge in [-0.3, -0.25) is 9.59 Å². The molecule has 132 valence electrons. The van der Waals surface area contributed by atoms with Gasteiger partial charge in [0.2, 0.25) is 0 Å². The van der Waals surface area contributed by atoms with E-state index in [-0.39, 0.29) is 11.8 Å². The fourth-order valence-corrected chi connectivity index (χ4v) is 4.22. The smallest absolute Gasteiger partial charge is 0.265 e. The van der Waals surface area contributed by atoms with Crippen LogP contribution in [0.5, 0.6) is 0 Å². The van der Waals surface area contributed by atoms with Gasteiger partial charge in [0.05, 0.1) is 16.1 Å². The van der Waals surface area contributed by atoms with E-state index in [0.29, 0.717) is 16.1 Å². The molecular weight excluding hydrogens is 332 g/mol. The third kappa shape index (κ3) is 3.93. The standard InChI is InChI=1S/C20H24N2O2S/c1-3-15-13-18(25-14(15)2)19(23)21-17-10-6-5-9-16(17)20(24)22-11-7-4-8-12-22/h5-6,9-10,13H,3-4,7-8,11-12H2,1-2H3,(H,21,23). The van der Waals surface area contributed by atoms with Crippen molar-refractivity contribution in [3.63, 3.8) is 0 Å². The number of thiophene rings is 1. The fraction of sp³-hybridized carbons (Fsp3) is 0.400. The molecule has 0 bridgehead atoms. The summed E-state index contributed by atoms with van der Waals surface area (Å²) in [5.41, 5.74) is 2.36. The zero-order valence-corrected chi connectivity index (χ0v) is 15.6. The lowest BCUT2D eigenvalue weighted by Crippen LogP contribution is -2.36. The summed E-state index contributed by atoms with van der Waals surface area (Å²) < 4.78 is 0. The molecule has 1 aromatic carbocycles. The number of likely N-dealkylation sites (tertiary alicyclic amines) is 1. The second-order valence-electron chi connectivity index (χ2n) is 6.40. The predicted molar refractivity (Wildman–Crippen MR) is 103 cm³/mol. The number of carbonyl (C=O) groups is 2. The molecule has 0 atom stereocenters. The van der Waals surface area contributed by atoms with Crippen LogP contribution in [0.4, 0.5) is 5.69 Å². The van der Waals surface area contributed by atoms with Crippen LogP contribution in [0.1, 0.15) is 56.7 Å². The number of hydrogen-bond acceptors (Lipinski definition) is 3. The third-order valence-corrected chi connectivity index (χ3v) is 5.77. The van der Waals surface area contributed by atoms with Crippen molar-refractivity contribution in [1.29, 1.82) is 0 Å². The largest absolute Gasteiger partial charge is 0.339 e. The molecule has 2 amide bonds. The Hall–Kier alpha value is -2.14. The van der Waals surface area contributed by atoms with Crippen LogP contribution in [0.3, 0.4) is 0 Å². The van der Waals surface area contributed by atoms with Gasteiger partial charge in [-0.1, -0.05) is 19.1 Å². The number of nitrogens with one attached hydrogen (secondary N) is 1. The maximum Gasteiger partial charge on any atom is 0.265 e. The van der Waals surface area contributed by atoms with Crippen molar-refractivity contribution in [3.05, 3.63) is 51.2 Å². The van der Waals surface area contributed by atoms with Crippen LogP contribution < -0.4 is 5.32 Å². The molecule has 3 rings (SSSR count). The molecule has 2 heterocycles. The van der Waals surface area contributed by atoms with Crippen LogP contribution in [0.15, 0.2) is 30.3 Å². The molecule has 1 aliphatic rings.